The molecule has 4 aliphatic rings. The number of sulfonamides is 1. The van der Waals surface area contributed by atoms with Crippen LogP contribution in [0.4, 0.5) is 4.39 Å². The lowest BCUT2D eigenvalue weighted by atomic mass is 9.38. The average Bonchev–Trinajstić information content (AvgIpc) is 3.00. The molecule has 2 bridgehead atoms. The molecule has 0 aromatic heterocycles. The third kappa shape index (κ3) is 4.15. The third-order valence-electron chi connectivity index (χ3n) is 7.09. The van der Waals surface area contributed by atoms with Crippen LogP contribution in [-0.2, 0) is 21.4 Å². The number of nitrogens with zero attached hydrogens (tertiary/aromatic N) is 2. The number of amidine groups is 1. The van der Waals surface area contributed by atoms with Crippen LogP contribution in [0.2, 0.25) is 10.0 Å². The second-order valence-electron chi connectivity index (χ2n) is 9.99. The number of hydrogen-bond donors (Lipinski definition) is 2. The first-order chi connectivity index (χ1) is 15.4. The van der Waals surface area contributed by atoms with Gasteiger partial charge in [0.05, 0.1) is 28.0 Å². The number of carbonyl (C=O) groups is 1. The molecule has 33 heavy (non-hydrogen) atoms. The van der Waals surface area contributed by atoms with Crippen LogP contribution >= 0.6 is 23.2 Å². The van der Waals surface area contributed by atoms with Crippen LogP contribution in [0.25, 0.3) is 0 Å². The fraction of sp³-hybridized carbons (Fsp3) is 0.636. The lowest BCUT2D eigenvalue weighted by molar-refractivity contribution is -0.151. The van der Waals surface area contributed by atoms with Crippen LogP contribution in [0, 0.1) is 5.41 Å². The molecule has 5 rings (SSSR count). The Labute approximate surface area is 204 Å². The van der Waals surface area contributed by atoms with E-state index >= 15 is 0 Å². The summed E-state index contributed by atoms with van der Waals surface area (Å²) >= 11 is 12.2. The summed E-state index contributed by atoms with van der Waals surface area (Å²) in [5.74, 6) is 0.377. The molecule has 3 fully saturated rings. The van der Waals surface area contributed by atoms with Gasteiger partial charge in [0, 0.05) is 24.5 Å². The van der Waals surface area contributed by atoms with Gasteiger partial charge in [-0.1, -0.05) is 29.3 Å². The number of rotatable bonds is 9. The molecule has 3 saturated carbocycles. The lowest BCUT2D eigenvalue weighted by Crippen LogP contribution is -2.78. The van der Waals surface area contributed by atoms with E-state index in [-0.39, 0.29) is 30.0 Å². The van der Waals surface area contributed by atoms with E-state index < -0.39 is 33.8 Å². The third-order valence-corrected chi connectivity index (χ3v) is 9.82. The Morgan fingerprint density at radius 1 is 1.27 bits per heavy atom. The van der Waals surface area contributed by atoms with Gasteiger partial charge in [0.15, 0.2) is 6.04 Å². The summed E-state index contributed by atoms with van der Waals surface area (Å²) in [5, 5.41) is 6.82. The number of hydrogen-bond acceptors (Lipinski definition) is 5. The summed E-state index contributed by atoms with van der Waals surface area (Å²) < 4.78 is 40.8. The van der Waals surface area contributed by atoms with Gasteiger partial charge in [-0.2, -0.15) is 4.31 Å². The molecular weight excluding hydrogens is 490 g/mol. The highest BCUT2D eigenvalue weighted by molar-refractivity contribution is 7.89. The zero-order valence-electron chi connectivity index (χ0n) is 18.9. The van der Waals surface area contributed by atoms with Gasteiger partial charge in [0.1, 0.15) is 5.84 Å². The normalized spacial score (nSPS) is 29.7. The standard InChI is InChI=1S/C22H29Cl2FN4O3S/c1-20(2)17(18(30)26-3)27-19(28-20)21-11-22(12-21,13-21)29(33(31,32)8-4-7-25)10-14-5-6-15(23)16(24)9-14/h5-6,9,17H,4,7-8,10-13H2,1-3H3,(H,26,30)(H,27,28)/t17-,21?,22?/m0/s1. The summed E-state index contributed by atoms with van der Waals surface area (Å²) in [4.78, 5) is 17.0. The van der Waals surface area contributed by atoms with Gasteiger partial charge >= 0.3 is 0 Å². The Kier molecular flexibility index (Phi) is 6.26. The molecule has 1 aromatic rings. The maximum Gasteiger partial charge on any atom is 0.247 e. The molecule has 0 radical (unpaired) electrons. The predicted molar refractivity (Wildman–Crippen MR) is 128 cm³/mol. The second-order valence-corrected chi connectivity index (χ2v) is 12.8. The number of likely N-dealkylation sites (N-methyl/N-ethyl adjacent to an activating group) is 1. The first kappa shape index (κ1) is 24.7. The molecular formula is C22H29Cl2FN4O3S. The highest BCUT2D eigenvalue weighted by atomic mass is 35.5. The van der Waals surface area contributed by atoms with Crippen molar-refractivity contribution in [3.8, 4) is 0 Å². The quantitative estimate of drug-likeness (QED) is 0.524. The molecule has 1 aliphatic heterocycles. The molecule has 0 saturated heterocycles. The molecule has 1 heterocycles. The maximum atomic E-state index is 13.2. The highest BCUT2D eigenvalue weighted by Gasteiger charge is 2.75. The molecule has 2 N–H and O–H groups in total. The van der Waals surface area contributed by atoms with Crippen molar-refractivity contribution in [2.75, 3.05) is 19.5 Å². The van der Waals surface area contributed by atoms with E-state index in [9.17, 15) is 17.6 Å². The molecule has 0 spiro atoms. The summed E-state index contributed by atoms with van der Waals surface area (Å²) in [6, 6.07) is 4.53. The first-order valence-corrected chi connectivity index (χ1v) is 13.3. The van der Waals surface area contributed by atoms with Crippen LogP contribution in [0.1, 0.15) is 45.1 Å². The van der Waals surface area contributed by atoms with Gasteiger partial charge in [-0.3, -0.25) is 14.2 Å². The minimum Gasteiger partial charge on any atom is -0.366 e. The molecule has 0 unspecified atom stereocenters. The molecule has 1 atom stereocenters. The Morgan fingerprint density at radius 2 is 1.94 bits per heavy atom. The summed E-state index contributed by atoms with van der Waals surface area (Å²) in [5.41, 5.74) is -0.596. The van der Waals surface area contributed by atoms with E-state index in [0.717, 1.165) is 11.4 Å². The van der Waals surface area contributed by atoms with E-state index in [1.165, 1.54) is 4.31 Å². The van der Waals surface area contributed by atoms with E-state index in [1.54, 1.807) is 25.2 Å². The van der Waals surface area contributed by atoms with Crippen molar-refractivity contribution in [3.05, 3.63) is 33.8 Å². The Balaban J connectivity index is 1.57. The lowest BCUT2D eigenvalue weighted by Gasteiger charge is -2.73. The van der Waals surface area contributed by atoms with Gasteiger partial charge in [0.25, 0.3) is 0 Å². The SMILES string of the molecule is CNC(=O)[C@@H]1N=C(C23CC(N(Cc4ccc(Cl)c(Cl)c4)S(=O)(=O)CCCF)(C2)C3)NC1(C)C. The zero-order valence-corrected chi connectivity index (χ0v) is 21.2. The van der Waals surface area contributed by atoms with Crippen molar-refractivity contribution in [2.24, 2.45) is 10.4 Å². The minimum atomic E-state index is -3.69. The van der Waals surface area contributed by atoms with Crippen molar-refractivity contribution >= 4 is 45.0 Å². The van der Waals surface area contributed by atoms with E-state index in [0.29, 0.717) is 29.3 Å². The fourth-order valence-corrected chi connectivity index (χ4v) is 7.60. The van der Waals surface area contributed by atoms with Crippen molar-refractivity contribution in [1.82, 2.24) is 14.9 Å². The molecule has 182 valence electrons. The Bertz CT molecular complexity index is 1090. The van der Waals surface area contributed by atoms with Gasteiger partial charge in [-0.25, -0.2) is 8.42 Å². The number of alkyl halides is 1. The van der Waals surface area contributed by atoms with Crippen LogP contribution in [0.5, 0.6) is 0 Å². The van der Waals surface area contributed by atoms with Crippen molar-refractivity contribution in [1.29, 1.82) is 0 Å². The van der Waals surface area contributed by atoms with E-state index in [2.05, 4.69) is 10.6 Å². The average molecular weight is 519 g/mol. The van der Waals surface area contributed by atoms with Gasteiger partial charge < -0.3 is 10.6 Å². The number of carbonyl (C=O) groups excluding carboxylic acids is 1. The summed E-state index contributed by atoms with van der Waals surface area (Å²) in [6.45, 7) is 3.33. The van der Waals surface area contributed by atoms with Gasteiger partial charge in [0.2, 0.25) is 15.9 Å². The van der Waals surface area contributed by atoms with E-state index in [1.807, 2.05) is 13.8 Å². The highest BCUT2D eigenvalue weighted by Crippen LogP contribution is 2.71. The number of benzene rings is 1. The molecule has 1 amide bonds. The molecule has 3 aliphatic carbocycles. The van der Waals surface area contributed by atoms with Crippen LogP contribution in [0.3, 0.4) is 0 Å². The minimum absolute atomic E-state index is 0.0440. The van der Waals surface area contributed by atoms with Crippen molar-refractivity contribution in [3.63, 3.8) is 0 Å². The van der Waals surface area contributed by atoms with Crippen LogP contribution in [-0.4, -0.2) is 61.1 Å². The molecule has 1 aromatic carbocycles. The summed E-state index contributed by atoms with van der Waals surface area (Å²) in [6.07, 6.45) is 1.79. The van der Waals surface area contributed by atoms with Crippen molar-refractivity contribution in [2.45, 2.75) is 63.2 Å². The largest absolute Gasteiger partial charge is 0.366 e. The van der Waals surface area contributed by atoms with E-state index in [4.69, 9.17) is 28.2 Å². The first-order valence-electron chi connectivity index (χ1n) is 11.0. The number of nitrogens with one attached hydrogen (secondary N) is 2. The predicted octanol–water partition coefficient (Wildman–Crippen LogP) is 3.30. The second kappa shape index (κ2) is 8.36. The van der Waals surface area contributed by atoms with Crippen LogP contribution < -0.4 is 10.6 Å². The molecule has 11 heteroatoms. The van der Waals surface area contributed by atoms with Crippen molar-refractivity contribution < 1.29 is 17.6 Å². The van der Waals surface area contributed by atoms with Gasteiger partial charge in [-0.05, 0) is 57.2 Å². The summed E-state index contributed by atoms with van der Waals surface area (Å²) in [7, 11) is -2.11. The monoisotopic (exact) mass is 518 g/mol. The van der Waals surface area contributed by atoms with Crippen LogP contribution in [0.15, 0.2) is 23.2 Å². The maximum absolute atomic E-state index is 13.2. The smallest absolute Gasteiger partial charge is 0.247 e. The Morgan fingerprint density at radius 3 is 2.52 bits per heavy atom. The topological polar surface area (TPSA) is 90.9 Å². The fourth-order valence-electron chi connectivity index (χ4n) is 5.45. The number of amides is 1. The number of aliphatic imine (C=N–C) groups is 1. The Hall–Kier alpha value is -1.42. The molecule has 7 nitrogen and oxygen atoms in total. The van der Waals surface area contributed by atoms with Gasteiger partial charge in [-0.15, -0.1) is 0 Å². The zero-order chi connectivity index (χ0) is 24.2. The number of halogens is 3.